The average molecular weight is 529 g/mol. The van der Waals surface area contributed by atoms with Crippen LogP contribution in [0.1, 0.15) is 6.85 Å². The molecule has 0 atom stereocenters. The van der Waals surface area contributed by atoms with Crippen LogP contribution in [0.5, 0.6) is 0 Å². The van der Waals surface area contributed by atoms with Crippen molar-refractivity contribution in [2.24, 2.45) is 0 Å². The lowest BCUT2D eigenvalue weighted by Gasteiger charge is -2.18. The highest BCUT2D eigenvalue weighted by Crippen LogP contribution is 2.44. The van der Waals surface area contributed by atoms with Gasteiger partial charge in [-0.25, -0.2) is 4.98 Å². The van der Waals surface area contributed by atoms with Crippen LogP contribution in [0.4, 0.5) is 0 Å². The van der Waals surface area contributed by atoms with Crippen LogP contribution >= 0.6 is 0 Å². The highest BCUT2D eigenvalue weighted by atomic mass is 15.1. The number of fused-ring (bicyclic) bond motifs is 3. The molecule has 3 heteroatoms. The molecule has 0 unspecified atom stereocenters. The highest BCUT2D eigenvalue weighted by Gasteiger charge is 2.21. The van der Waals surface area contributed by atoms with Crippen LogP contribution in [0.25, 0.3) is 71.9 Å². The number of nitrogens with zero attached hydrogens (tertiary/aromatic N) is 3. The van der Waals surface area contributed by atoms with Gasteiger partial charge in [0, 0.05) is 23.6 Å². The van der Waals surface area contributed by atoms with Crippen molar-refractivity contribution < 1.29 is 6.85 Å². The Labute approximate surface area is 245 Å². The number of hydrogen-bond acceptors (Lipinski definition) is 2. The maximum absolute atomic E-state index is 8.87. The lowest BCUT2D eigenvalue weighted by Crippen LogP contribution is -1.99. The Bertz CT molecular complexity index is 2390. The maximum Gasteiger partial charge on any atom is 0.146 e. The standard InChI is InChI=1S/C38H25N3/c1-2-12-29(13-3-1)41-35-19-9-8-18-34(35)40-38(41)37-32-16-6-4-14-30(32)36(31-15-5-7-17-33(31)37)27-22-20-26(21-23-27)28-11-10-24-39-25-28/h1-25H/i1D,2D,3D,12D,13D. The fraction of sp³-hybridized carbons (Fsp3) is 0. The molecular formula is C38H25N3. The zero-order valence-electron chi connectivity index (χ0n) is 26.9. The van der Waals surface area contributed by atoms with Gasteiger partial charge in [-0.15, -0.1) is 0 Å². The van der Waals surface area contributed by atoms with Crippen molar-refractivity contribution in [3.05, 3.63) is 152 Å². The van der Waals surface area contributed by atoms with E-state index in [0.29, 0.717) is 16.9 Å². The average Bonchev–Trinajstić information content (AvgIpc) is 3.48. The van der Waals surface area contributed by atoms with Crippen LogP contribution in [-0.4, -0.2) is 14.5 Å². The predicted octanol–water partition coefficient (Wildman–Crippen LogP) is 9.73. The van der Waals surface area contributed by atoms with Crippen molar-refractivity contribution in [2.75, 3.05) is 0 Å². The molecule has 2 aromatic heterocycles. The minimum Gasteiger partial charge on any atom is -0.292 e. The molecule has 0 aliphatic rings. The Morgan fingerprint density at radius 2 is 1.15 bits per heavy atom. The van der Waals surface area contributed by atoms with E-state index in [-0.39, 0.29) is 29.9 Å². The molecule has 0 N–H and O–H groups in total. The second kappa shape index (κ2) is 9.58. The van der Waals surface area contributed by atoms with Crippen molar-refractivity contribution in [1.82, 2.24) is 14.5 Å². The molecule has 0 bridgehead atoms. The van der Waals surface area contributed by atoms with E-state index in [1.165, 1.54) is 0 Å². The summed E-state index contributed by atoms with van der Waals surface area (Å²) in [5.41, 5.74) is 6.47. The van der Waals surface area contributed by atoms with E-state index in [2.05, 4.69) is 53.5 Å². The normalized spacial score (nSPS) is 13.1. The summed E-state index contributed by atoms with van der Waals surface area (Å²) < 4.78 is 44.5. The van der Waals surface area contributed by atoms with Crippen molar-refractivity contribution in [1.29, 1.82) is 0 Å². The van der Waals surface area contributed by atoms with E-state index < -0.39 is 6.04 Å². The van der Waals surface area contributed by atoms with Crippen molar-refractivity contribution in [2.45, 2.75) is 0 Å². The third-order valence-corrected chi connectivity index (χ3v) is 7.59. The van der Waals surface area contributed by atoms with Gasteiger partial charge >= 0.3 is 0 Å². The van der Waals surface area contributed by atoms with E-state index in [1.54, 1.807) is 10.8 Å². The summed E-state index contributed by atoms with van der Waals surface area (Å²) in [7, 11) is 0. The van der Waals surface area contributed by atoms with E-state index in [4.69, 9.17) is 11.8 Å². The lowest BCUT2D eigenvalue weighted by molar-refractivity contribution is 1.11. The third kappa shape index (κ3) is 3.82. The molecule has 2 heterocycles. The molecule has 0 spiro atoms. The molecular weight excluding hydrogens is 498 g/mol. The summed E-state index contributed by atoms with van der Waals surface area (Å²) in [4.78, 5) is 9.36. The topological polar surface area (TPSA) is 30.7 Å². The molecule has 3 nitrogen and oxygen atoms in total. The van der Waals surface area contributed by atoms with Crippen LogP contribution in [0.2, 0.25) is 0 Å². The molecule has 0 aliphatic heterocycles. The fourth-order valence-corrected chi connectivity index (χ4v) is 5.82. The lowest BCUT2D eigenvalue weighted by atomic mass is 9.87. The second-order valence-corrected chi connectivity index (χ2v) is 9.89. The van der Waals surface area contributed by atoms with Gasteiger partial charge in [-0.2, -0.15) is 0 Å². The van der Waals surface area contributed by atoms with Gasteiger partial charge in [-0.05, 0) is 74.1 Å². The highest BCUT2D eigenvalue weighted by molar-refractivity contribution is 6.21. The first-order chi connectivity index (χ1) is 22.4. The number of hydrogen-bond donors (Lipinski definition) is 0. The Morgan fingerprint density at radius 3 is 1.80 bits per heavy atom. The minimum atomic E-state index is -0.431. The molecule has 41 heavy (non-hydrogen) atoms. The van der Waals surface area contributed by atoms with Gasteiger partial charge in [-0.1, -0.05) is 109 Å². The van der Waals surface area contributed by atoms with Crippen LogP contribution < -0.4 is 0 Å². The van der Waals surface area contributed by atoms with Gasteiger partial charge in [-0.3, -0.25) is 9.55 Å². The fourth-order valence-electron chi connectivity index (χ4n) is 5.82. The molecule has 0 aliphatic carbocycles. The molecule has 0 saturated heterocycles. The predicted molar refractivity (Wildman–Crippen MR) is 170 cm³/mol. The Morgan fingerprint density at radius 1 is 0.537 bits per heavy atom. The third-order valence-electron chi connectivity index (χ3n) is 7.59. The van der Waals surface area contributed by atoms with Crippen LogP contribution in [0.15, 0.2) is 152 Å². The zero-order valence-corrected chi connectivity index (χ0v) is 21.9. The summed E-state index contributed by atoms with van der Waals surface area (Å²) in [6.07, 6.45) is 3.62. The largest absolute Gasteiger partial charge is 0.292 e. The van der Waals surface area contributed by atoms with Crippen molar-refractivity contribution in [3.8, 4) is 39.3 Å². The summed E-state index contributed by atoms with van der Waals surface area (Å²) in [6.45, 7) is 0. The number of aromatic nitrogens is 3. The molecule has 0 saturated carbocycles. The summed E-state index contributed by atoms with van der Waals surface area (Å²) in [5, 5.41) is 3.92. The van der Waals surface area contributed by atoms with Gasteiger partial charge in [0.05, 0.1) is 17.9 Å². The Hall–Kier alpha value is -5.54. The zero-order chi connectivity index (χ0) is 31.5. The van der Waals surface area contributed by atoms with Crippen molar-refractivity contribution >= 4 is 32.6 Å². The molecule has 8 rings (SSSR count). The van der Waals surface area contributed by atoms with Gasteiger partial charge in [0.25, 0.3) is 0 Å². The summed E-state index contributed by atoms with van der Waals surface area (Å²) in [5.74, 6) is 0.505. The Balaban J connectivity index is 1.47. The molecule has 0 radical (unpaired) electrons. The van der Waals surface area contributed by atoms with Crippen LogP contribution in [0.3, 0.4) is 0 Å². The summed E-state index contributed by atoms with van der Waals surface area (Å²) >= 11 is 0. The van der Waals surface area contributed by atoms with E-state index in [0.717, 1.165) is 49.4 Å². The van der Waals surface area contributed by atoms with Crippen LogP contribution in [0, 0.1) is 0 Å². The van der Waals surface area contributed by atoms with Crippen molar-refractivity contribution in [3.63, 3.8) is 0 Å². The van der Waals surface area contributed by atoms with E-state index in [9.17, 15) is 0 Å². The second-order valence-electron chi connectivity index (χ2n) is 9.89. The Kier molecular flexibility index (Phi) is 4.37. The smallest absolute Gasteiger partial charge is 0.146 e. The molecule has 192 valence electrons. The minimum absolute atomic E-state index is 0.0675. The van der Waals surface area contributed by atoms with Gasteiger partial charge < -0.3 is 0 Å². The monoisotopic (exact) mass is 528 g/mol. The molecule has 0 fully saturated rings. The number of para-hydroxylation sites is 3. The first-order valence-corrected chi connectivity index (χ1v) is 13.4. The van der Waals surface area contributed by atoms with Crippen LogP contribution in [-0.2, 0) is 0 Å². The maximum atomic E-state index is 8.87. The van der Waals surface area contributed by atoms with Gasteiger partial charge in [0.1, 0.15) is 5.82 Å². The molecule has 0 amide bonds. The first kappa shape index (κ1) is 18.7. The first-order valence-electron chi connectivity index (χ1n) is 15.9. The SMILES string of the molecule is [2H]c1c([2H])c([2H])c(-n2c(-c3c4ccccc4c(-c4ccc(-c5cccnc5)cc4)c4ccccc34)nc3ccccc32)c([2H])c1[2H]. The molecule has 6 aromatic carbocycles. The van der Waals surface area contributed by atoms with Gasteiger partial charge in [0.2, 0.25) is 0 Å². The quantitative estimate of drug-likeness (QED) is 0.213. The number of pyridine rings is 1. The number of rotatable bonds is 4. The number of benzene rings is 6. The molecule has 8 aromatic rings. The van der Waals surface area contributed by atoms with E-state index >= 15 is 0 Å². The summed E-state index contributed by atoms with van der Waals surface area (Å²) in [6, 6.07) is 34.6. The number of imidazole rings is 1. The van der Waals surface area contributed by atoms with E-state index in [1.807, 2.05) is 66.9 Å². The van der Waals surface area contributed by atoms with Gasteiger partial charge in [0.15, 0.2) is 0 Å².